The first-order chi connectivity index (χ1) is 8.91. The van der Waals surface area contributed by atoms with E-state index in [9.17, 15) is 0 Å². The van der Waals surface area contributed by atoms with Crippen molar-refractivity contribution in [2.24, 2.45) is 0 Å². The summed E-state index contributed by atoms with van der Waals surface area (Å²) in [6, 6.07) is 0. The fourth-order valence-corrected chi connectivity index (χ4v) is 1.50. The molecule has 0 spiro atoms. The number of hydrogen-bond donors (Lipinski definition) is 3. The van der Waals surface area contributed by atoms with E-state index >= 15 is 0 Å². The summed E-state index contributed by atoms with van der Waals surface area (Å²) in [5.74, 6) is 0. The molecule has 6 nitrogen and oxygen atoms in total. The van der Waals surface area contributed by atoms with Crippen LogP contribution in [0, 0.1) is 0 Å². The zero-order valence-corrected chi connectivity index (χ0v) is 15.7. The summed E-state index contributed by atoms with van der Waals surface area (Å²) in [6.07, 6.45) is 10.6. The summed E-state index contributed by atoms with van der Waals surface area (Å²) in [5, 5.41) is 8.46. The van der Waals surface area contributed by atoms with Crippen LogP contribution in [0.15, 0.2) is 0 Å². The molecule has 0 aliphatic heterocycles. The Balaban J connectivity index is -0.000000414. The van der Waals surface area contributed by atoms with Gasteiger partial charge in [0.05, 0.1) is 13.2 Å². The predicted molar refractivity (Wildman–Crippen MR) is 72.6 cm³/mol. The second kappa shape index (κ2) is 20.0. The topological polar surface area (TPSA) is 110 Å². The van der Waals surface area contributed by atoms with Crippen molar-refractivity contribution >= 4 is 7.82 Å². The molecule has 0 rings (SSSR count). The van der Waals surface area contributed by atoms with E-state index in [-0.39, 0.29) is 36.2 Å². The average molecular weight is 322 g/mol. The molecule has 0 radical (unpaired) electrons. The number of ether oxygens (including phenoxy) is 1. The zero-order valence-electron chi connectivity index (χ0n) is 12.8. The molecule has 0 atom stereocenters. The van der Waals surface area contributed by atoms with E-state index in [4.69, 9.17) is 29.1 Å². The molecule has 0 aromatic carbocycles. The molecular formula is C12H28NaO6P. The van der Waals surface area contributed by atoms with Gasteiger partial charge in [-0.2, -0.15) is 0 Å². The van der Waals surface area contributed by atoms with Crippen molar-refractivity contribution in [1.82, 2.24) is 0 Å². The minimum Gasteiger partial charge on any atom is -0.756 e. The summed E-state index contributed by atoms with van der Waals surface area (Å²) in [4.78, 5) is 22.9. The summed E-state index contributed by atoms with van der Waals surface area (Å²) in [7, 11) is -4.89. The average Bonchev–Trinajstić information content (AvgIpc) is 2.29. The molecule has 0 unspecified atom stereocenters. The Morgan fingerprint density at radius 2 is 1.35 bits per heavy atom. The Morgan fingerprint density at radius 1 is 0.950 bits per heavy atom. The zero-order chi connectivity index (χ0) is 15.0. The molecular weight excluding hydrogens is 294 g/mol. The molecule has 0 saturated carbocycles. The number of aliphatic hydroxyl groups excluding tert-OH is 1. The quantitative estimate of drug-likeness (QED) is 0.245. The normalized spacial score (nSPS) is 10.4. The molecule has 0 saturated heterocycles. The van der Waals surface area contributed by atoms with Gasteiger partial charge in [-0.1, -0.05) is 51.9 Å². The first-order valence-corrected chi connectivity index (χ1v) is 8.40. The van der Waals surface area contributed by atoms with Crippen LogP contribution in [0.3, 0.4) is 0 Å². The second-order valence-electron chi connectivity index (χ2n) is 4.30. The van der Waals surface area contributed by atoms with Gasteiger partial charge >= 0.3 is 29.6 Å². The maximum atomic E-state index is 8.77. The van der Waals surface area contributed by atoms with E-state index in [1.807, 2.05) is 0 Å². The molecule has 0 amide bonds. The van der Waals surface area contributed by atoms with E-state index < -0.39 is 7.82 Å². The summed E-state index contributed by atoms with van der Waals surface area (Å²) in [6.45, 7) is 3.71. The van der Waals surface area contributed by atoms with Gasteiger partial charge in [-0.05, 0) is 6.42 Å². The second-order valence-corrected chi connectivity index (χ2v) is 5.28. The fraction of sp³-hybridized carbons (Fsp3) is 1.00. The molecule has 0 aromatic rings. The minimum atomic E-state index is -4.89. The molecule has 20 heavy (non-hydrogen) atoms. The number of rotatable bonds is 11. The van der Waals surface area contributed by atoms with E-state index in [1.54, 1.807) is 0 Å². The largest absolute Gasteiger partial charge is 1.00 e. The van der Waals surface area contributed by atoms with Crippen LogP contribution < -0.4 is 34.5 Å². The smallest absolute Gasteiger partial charge is 0.756 e. The van der Waals surface area contributed by atoms with Crippen molar-refractivity contribution in [2.75, 3.05) is 19.8 Å². The van der Waals surface area contributed by atoms with Crippen LogP contribution >= 0.6 is 7.82 Å². The third-order valence-corrected chi connectivity index (χ3v) is 2.38. The Hall–Kier alpha value is 1.03. The van der Waals surface area contributed by atoms with Gasteiger partial charge in [0.2, 0.25) is 0 Å². The molecule has 0 aliphatic rings. The van der Waals surface area contributed by atoms with Crippen LogP contribution in [0.5, 0.6) is 0 Å². The Morgan fingerprint density at radius 3 is 1.75 bits per heavy atom. The molecule has 8 heteroatoms. The number of phosphoric acid groups is 1. The molecule has 0 heterocycles. The number of aliphatic hydroxyl groups is 1. The first kappa shape index (κ1) is 26.0. The third kappa shape index (κ3) is 42.7. The van der Waals surface area contributed by atoms with Crippen LogP contribution in [0.4, 0.5) is 0 Å². The van der Waals surface area contributed by atoms with Crippen LogP contribution in [0.1, 0.15) is 58.3 Å². The van der Waals surface area contributed by atoms with Crippen LogP contribution in [0.25, 0.3) is 0 Å². The maximum Gasteiger partial charge on any atom is 1.00 e. The van der Waals surface area contributed by atoms with Crippen molar-refractivity contribution in [3.8, 4) is 0 Å². The number of hydrogen-bond acceptors (Lipinski definition) is 4. The van der Waals surface area contributed by atoms with Crippen LogP contribution in [-0.4, -0.2) is 34.7 Å². The van der Waals surface area contributed by atoms with Gasteiger partial charge in [0.1, 0.15) is 0 Å². The fourth-order valence-electron chi connectivity index (χ4n) is 1.50. The first-order valence-electron chi connectivity index (χ1n) is 6.87. The van der Waals surface area contributed by atoms with Gasteiger partial charge in [-0.15, -0.1) is 0 Å². The molecule has 0 aliphatic carbocycles. The summed E-state index contributed by atoms with van der Waals surface area (Å²) < 4.78 is 13.9. The van der Waals surface area contributed by atoms with E-state index in [1.165, 1.54) is 44.9 Å². The molecule has 118 valence electrons. The van der Waals surface area contributed by atoms with Crippen LogP contribution in [-0.2, 0) is 9.30 Å². The van der Waals surface area contributed by atoms with E-state index in [0.717, 1.165) is 13.0 Å². The predicted octanol–water partition coefficient (Wildman–Crippen LogP) is -1.42. The van der Waals surface area contributed by atoms with E-state index in [2.05, 4.69) is 6.92 Å². The van der Waals surface area contributed by atoms with Crippen molar-refractivity contribution in [3.63, 3.8) is 0 Å². The molecule has 0 bridgehead atoms. The third-order valence-electron chi connectivity index (χ3n) is 2.38. The summed E-state index contributed by atoms with van der Waals surface area (Å²) >= 11 is 0. The van der Waals surface area contributed by atoms with Crippen molar-refractivity contribution < 1.29 is 58.6 Å². The standard InChI is InChI=1S/C12H26O2.Na.H3O4P/c1-2-3-4-5-6-7-8-9-11-14-12-10-13;;1-5(2,3)4/h13H,2-12H2,1H3;;(H3,1,2,3,4)/q;+1;/p-1. The summed E-state index contributed by atoms with van der Waals surface area (Å²) in [5.41, 5.74) is 0. The van der Waals surface area contributed by atoms with Crippen molar-refractivity contribution in [2.45, 2.75) is 58.3 Å². The van der Waals surface area contributed by atoms with Gasteiger partial charge in [0.25, 0.3) is 7.82 Å². The Kier molecular flexibility index (Phi) is 26.0. The molecule has 0 fully saturated rings. The van der Waals surface area contributed by atoms with Gasteiger partial charge in [-0.3, -0.25) is 4.57 Å². The Labute approximate surface area is 144 Å². The minimum absolute atomic E-state index is 0. The van der Waals surface area contributed by atoms with Gasteiger partial charge < -0.3 is 24.5 Å². The monoisotopic (exact) mass is 322 g/mol. The van der Waals surface area contributed by atoms with Crippen molar-refractivity contribution in [1.29, 1.82) is 0 Å². The van der Waals surface area contributed by atoms with Crippen LogP contribution in [0.2, 0.25) is 0 Å². The molecule has 3 N–H and O–H groups in total. The number of unbranched alkanes of at least 4 members (excludes halogenated alkanes) is 7. The maximum absolute atomic E-state index is 8.77. The van der Waals surface area contributed by atoms with E-state index in [0.29, 0.717) is 6.61 Å². The van der Waals surface area contributed by atoms with Gasteiger partial charge in [0.15, 0.2) is 0 Å². The Bertz CT molecular complexity index is 192. The SMILES string of the molecule is CCCCCCCCCCOCCO.O=P([O-])(O)O.[Na+]. The molecule has 0 aromatic heterocycles. The van der Waals surface area contributed by atoms with Gasteiger partial charge in [0, 0.05) is 6.61 Å². The van der Waals surface area contributed by atoms with Gasteiger partial charge in [-0.25, -0.2) is 0 Å². The van der Waals surface area contributed by atoms with Crippen molar-refractivity contribution in [3.05, 3.63) is 0 Å².